The Morgan fingerprint density at radius 2 is 1.95 bits per heavy atom. The van der Waals surface area contributed by atoms with Crippen LogP contribution in [-0.4, -0.2) is 19.5 Å². The summed E-state index contributed by atoms with van der Waals surface area (Å²) in [4.78, 5) is 13.1. The smallest absolute Gasteiger partial charge is 0.279 e. The normalized spacial score (nSPS) is 12.2. The van der Waals surface area contributed by atoms with Crippen LogP contribution in [0, 0.1) is 13.8 Å². The molecular formula is C16H21N2O2+. The summed E-state index contributed by atoms with van der Waals surface area (Å²) in [5.74, 6) is 1.82. The first kappa shape index (κ1) is 14.3. The number of quaternary nitrogens is 1. The predicted octanol–water partition coefficient (Wildman–Crippen LogP) is 1.55. The minimum Gasteiger partial charge on any atom is -0.460 e. The van der Waals surface area contributed by atoms with Gasteiger partial charge in [0, 0.05) is 5.69 Å². The van der Waals surface area contributed by atoms with Gasteiger partial charge in [-0.2, -0.15) is 0 Å². The van der Waals surface area contributed by atoms with Crippen LogP contribution in [0.2, 0.25) is 0 Å². The van der Waals surface area contributed by atoms with E-state index in [4.69, 9.17) is 4.42 Å². The Hall–Kier alpha value is -2.07. The summed E-state index contributed by atoms with van der Waals surface area (Å²) < 4.78 is 5.52. The first-order valence-corrected chi connectivity index (χ1v) is 6.76. The number of aryl methyl sites for hydroxylation is 2. The lowest BCUT2D eigenvalue weighted by Crippen LogP contribution is -3.08. The van der Waals surface area contributed by atoms with E-state index >= 15 is 0 Å². The number of furan rings is 1. The van der Waals surface area contributed by atoms with Gasteiger partial charge in [0.05, 0.1) is 7.05 Å². The quantitative estimate of drug-likeness (QED) is 0.868. The summed E-state index contributed by atoms with van der Waals surface area (Å²) in [6.45, 7) is 5.02. The zero-order valence-corrected chi connectivity index (χ0v) is 12.2. The maximum Gasteiger partial charge on any atom is 0.279 e. The number of amides is 1. The molecule has 20 heavy (non-hydrogen) atoms. The summed E-state index contributed by atoms with van der Waals surface area (Å²) in [7, 11) is 1.98. The Morgan fingerprint density at radius 3 is 2.60 bits per heavy atom. The molecule has 1 aromatic carbocycles. The van der Waals surface area contributed by atoms with Crippen molar-refractivity contribution in [2.24, 2.45) is 0 Å². The van der Waals surface area contributed by atoms with Gasteiger partial charge in [-0.25, -0.2) is 0 Å². The summed E-state index contributed by atoms with van der Waals surface area (Å²) in [5.41, 5.74) is 1.94. The summed E-state index contributed by atoms with van der Waals surface area (Å²) in [6, 6.07) is 11.7. The Bertz CT molecular complexity index is 590. The van der Waals surface area contributed by atoms with Crippen molar-refractivity contribution in [2.45, 2.75) is 20.4 Å². The van der Waals surface area contributed by atoms with Crippen molar-refractivity contribution >= 4 is 11.6 Å². The number of rotatable bonds is 5. The second-order valence-electron chi connectivity index (χ2n) is 5.19. The highest BCUT2D eigenvalue weighted by Gasteiger charge is 2.13. The number of benzene rings is 1. The molecule has 2 aromatic rings. The number of hydrogen-bond acceptors (Lipinski definition) is 2. The fourth-order valence-corrected chi connectivity index (χ4v) is 2.12. The molecule has 0 aliphatic rings. The van der Waals surface area contributed by atoms with E-state index in [1.54, 1.807) is 0 Å². The average Bonchev–Trinajstić information content (AvgIpc) is 2.77. The van der Waals surface area contributed by atoms with Crippen molar-refractivity contribution in [3.05, 3.63) is 53.5 Å². The van der Waals surface area contributed by atoms with Crippen LogP contribution in [0.25, 0.3) is 0 Å². The first-order valence-electron chi connectivity index (χ1n) is 6.76. The number of nitrogens with one attached hydrogen (secondary N) is 2. The van der Waals surface area contributed by atoms with Gasteiger partial charge in [0.15, 0.2) is 12.3 Å². The van der Waals surface area contributed by atoms with Gasteiger partial charge < -0.3 is 14.6 Å². The van der Waals surface area contributed by atoms with E-state index in [9.17, 15) is 4.79 Å². The highest BCUT2D eigenvalue weighted by Crippen LogP contribution is 2.12. The van der Waals surface area contributed by atoms with Crippen molar-refractivity contribution in [2.75, 3.05) is 18.9 Å². The van der Waals surface area contributed by atoms with Crippen molar-refractivity contribution in [1.29, 1.82) is 0 Å². The molecule has 1 heterocycles. The van der Waals surface area contributed by atoms with Crippen molar-refractivity contribution in [1.82, 2.24) is 0 Å². The van der Waals surface area contributed by atoms with Crippen LogP contribution in [0.15, 0.2) is 40.8 Å². The first-order chi connectivity index (χ1) is 9.54. The van der Waals surface area contributed by atoms with E-state index in [0.29, 0.717) is 13.1 Å². The largest absolute Gasteiger partial charge is 0.460 e. The topological polar surface area (TPSA) is 46.7 Å². The number of anilines is 1. The molecule has 0 spiro atoms. The van der Waals surface area contributed by atoms with Crippen LogP contribution >= 0.6 is 0 Å². The second kappa shape index (κ2) is 6.39. The molecule has 4 heteroatoms. The Balaban J connectivity index is 1.86. The SMILES string of the molecule is Cc1ccc(C[NH+](C)CC(=O)Nc2ccccc2C)o1. The van der Waals surface area contributed by atoms with Gasteiger partial charge in [0.2, 0.25) is 0 Å². The molecule has 0 bridgehead atoms. The highest BCUT2D eigenvalue weighted by atomic mass is 16.3. The molecule has 0 saturated heterocycles. The van der Waals surface area contributed by atoms with Crippen molar-refractivity contribution in [3.63, 3.8) is 0 Å². The molecule has 0 aliphatic heterocycles. The summed E-state index contributed by atoms with van der Waals surface area (Å²) in [6.07, 6.45) is 0. The van der Waals surface area contributed by atoms with Crippen LogP contribution in [0.3, 0.4) is 0 Å². The maximum absolute atomic E-state index is 12.0. The van der Waals surface area contributed by atoms with Gasteiger partial charge in [-0.3, -0.25) is 4.79 Å². The molecule has 0 fully saturated rings. The van der Waals surface area contributed by atoms with E-state index in [1.807, 2.05) is 57.3 Å². The number of likely N-dealkylation sites (N-methyl/N-ethyl adjacent to an activating group) is 1. The third-order valence-corrected chi connectivity index (χ3v) is 3.15. The standard InChI is InChI=1S/C16H20N2O2/c1-12-6-4-5-7-15(12)17-16(19)11-18(3)10-14-9-8-13(2)20-14/h4-9H,10-11H2,1-3H3,(H,17,19)/p+1. The molecule has 106 valence electrons. The lowest BCUT2D eigenvalue weighted by Gasteiger charge is -2.13. The molecule has 1 atom stereocenters. The van der Waals surface area contributed by atoms with Gasteiger partial charge >= 0.3 is 0 Å². The number of carbonyl (C=O) groups is 1. The van der Waals surface area contributed by atoms with E-state index in [-0.39, 0.29) is 5.91 Å². The van der Waals surface area contributed by atoms with Gasteiger partial charge in [-0.05, 0) is 37.6 Å². The summed E-state index contributed by atoms with van der Waals surface area (Å²) in [5, 5.41) is 2.94. The van der Waals surface area contributed by atoms with Crippen LogP contribution in [0.4, 0.5) is 5.69 Å². The molecular weight excluding hydrogens is 252 g/mol. The highest BCUT2D eigenvalue weighted by molar-refractivity contribution is 5.92. The second-order valence-corrected chi connectivity index (χ2v) is 5.19. The minimum atomic E-state index is 0.0140. The molecule has 2 N–H and O–H groups in total. The predicted molar refractivity (Wildman–Crippen MR) is 78.7 cm³/mol. The molecule has 2 rings (SSSR count). The zero-order valence-electron chi connectivity index (χ0n) is 12.2. The number of para-hydroxylation sites is 1. The molecule has 0 aliphatic carbocycles. The van der Waals surface area contributed by atoms with E-state index in [2.05, 4.69) is 5.32 Å². The third kappa shape index (κ3) is 3.96. The van der Waals surface area contributed by atoms with Crippen molar-refractivity contribution < 1.29 is 14.1 Å². The zero-order chi connectivity index (χ0) is 14.5. The molecule has 1 amide bonds. The van der Waals surface area contributed by atoms with Gasteiger partial charge in [0.25, 0.3) is 5.91 Å². The van der Waals surface area contributed by atoms with Crippen LogP contribution < -0.4 is 10.2 Å². The van der Waals surface area contributed by atoms with Gasteiger partial charge in [0.1, 0.15) is 12.3 Å². The molecule has 0 radical (unpaired) electrons. The molecule has 1 unspecified atom stereocenters. The lowest BCUT2D eigenvalue weighted by molar-refractivity contribution is -0.886. The maximum atomic E-state index is 12.0. The Labute approximate surface area is 119 Å². The van der Waals surface area contributed by atoms with Crippen LogP contribution in [0.1, 0.15) is 17.1 Å². The summed E-state index contributed by atoms with van der Waals surface area (Å²) >= 11 is 0. The number of hydrogen-bond donors (Lipinski definition) is 2. The van der Waals surface area contributed by atoms with E-state index < -0.39 is 0 Å². The van der Waals surface area contributed by atoms with Crippen molar-refractivity contribution in [3.8, 4) is 0 Å². The number of carbonyl (C=O) groups excluding carboxylic acids is 1. The molecule has 0 saturated carbocycles. The van der Waals surface area contributed by atoms with Crippen LogP contribution in [0.5, 0.6) is 0 Å². The lowest BCUT2D eigenvalue weighted by atomic mass is 10.2. The van der Waals surface area contributed by atoms with Crippen LogP contribution in [-0.2, 0) is 11.3 Å². The third-order valence-electron chi connectivity index (χ3n) is 3.15. The van der Waals surface area contributed by atoms with E-state index in [1.165, 1.54) is 0 Å². The Kier molecular flexibility index (Phi) is 4.58. The van der Waals surface area contributed by atoms with E-state index in [0.717, 1.165) is 27.7 Å². The Morgan fingerprint density at radius 1 is 1.20 bits per heavy atom. The fourth-order valence-electron chi connectivity index (χ4n) is 2.12. The molecule has 4 nitrogen and oxygen atoms in total. The monoisotopic (exact) mass is 273 g/mol. The van der Waals surface area contributed by atoms with Gasteiger partial charge in [-0.1, -0.05) is 18.2 Å². The molecule has 1 aromatic heterocycles. The fraction of sp³-hybridized carbons (Fsp3) is 0.312. The average molecular weight is 273 g/mol. The van der Waals surface area contributed by atoms with Gasteiger partial charge in [-0.15, -0.1) is 0 Å². The minimum absolute atomic E-state index is 0.0140.